The van der Waals surface area contributed by atoms with Crippen LogP contribution in [0, 0.1) is 0 Å². The van der Waals surface area contributed by atoms with Crippen LogP contribution in [0.1, 0.15) is 16.6 Å². The molecule has 0 spiro atoms. The number of thioether (sulfide) groups is 2. The van der Waals surface area contributed by atoms with Gasteiger partial charge in [0.1, 0.15) is 5.75 Å². The zero-order chi connectivity index (χ0) is 16.1. The minimum Gasteiger partial charge on any atom is -0.484 e. The number of ether oxygens (including phenoxy) is 1. The Morgan fingerprint density at radius 1 is 1.30 bits per heavy atom. The molecule has 3 rings (SSSR count). The number of aryl methyl sites for hydroxylation is 1. The van der Waals surface area contributed by atoms with Gasteiger partial charge in [-0.1, -0.05) is 12.1 Å². The van der Waals surface area contributed by atoms with E-state index in [0.29, 0.717) is 16.1 Å². The number of rotatable bonds is 5. The summed E-state index contributed by atoms with van der Waals surface area (Å²) in [5, 5.41) is 6.79. The van der Waals surface area contributed by atoms with Crippen LogP contribution in [0.15, 0.2) is 36.5 Å². The first-order valence-corrected chi connectivity index (χ1v) is 9.56. The number of nitrogens with zero attached hydrogens (tertiary/aromatic N) is 2. The number of hydrogen-bond donors (Lipinski definition) is 1. The quantitative estimate of drug-likeness (QED) is 0.897. The highest BCUT2D eigenvalue weighted by Gasteiger charge is 2.16. The summed E-state index contributed by atoms with van der Waals surface area (Å²) in [7, 11) is 1.80. The Kier molecular flexibility index (Phi) is 5.51. The number of aromatic nitrogens is 2. The summed E-state index contributed by atoms with van der Waals surface area (Å²) in [5.41, 5.74) is 1.31. The van der Waals surface area contributed by atoms with Crippen molar-refractivity contribution in [2.75, 3.05) is 23.4 Å². The number of anilines is 1. The predicted molar refractivity (Wildman–Crippen MR) is 96.0 cm³/mol. The Balaban J connectivity index is 1.49. The molecule has 1 amide bonds. The third kappa shape index (κ3) is 4.68. The maximum absolute atomic E-state index is 11.8. The first kappa shape index (κ1) is 16.3. The van der Waals surface area contributed by atoms with E-state index in [1.54, 1.807) is 24.0 Å². The summed E-state index contributed by atoms with van der Waals surface area (Å²) >= 11 is 3.99. The van der Waals surface area contributed by atoms with Crippen molar-refractivity contribution in [3.63, 3.8) is 0 Å². The van der Waals surface area contributed by atoms with Crippen LogP contribution in [0.2, 0.25) is 0 Å². The molecule has 0 bridgehead atoms. The van der Waals surface area contributed by atoms with Gasteiger partial charge in [-0.15, -0.1) is 23.5 Å². The molecule has 0 atom stereocenters. The minimum absolute atomic E-state index is 0.0250. The highest BCUT2D eigenvalue weighted by atomic mass is 32.2. The molecule has 0 saturated carbocycles. The third-order valence-electron chi connectivity index (χ3n) is 3.33. The van der Waals surface area contributed by atoms with Crippen molar-refractivity contribution in [2.45, 2.75) is 11.0 Å². The minimum atomic E-state index is -0.217. The number of amides is 1. The van der Waals surface area contributed by atoms with Crippen LogP contribution in [0.3, 0.4) is 0 Å². The lowest BCUT2D eigenvalue weighted by Gasteiger charge is -2.21. The van der Waals surface area contributed by atoms with E-state index in [1.807, 2.05) is 35.7 Å². The predicted octanol–water partition coefficient (Wildman–Crippen LogP) is 3.31. The number of nitrogens with one attached hydrogen (secondary N) is 1. The van der Waals surface area contributed by atoms with Gasteiger partial charge in [-0.25, -0.2) is 0 Å². The molecule has 23 heavy (non-hydrogen) atoms. The lowest BCUT2D eigenvalue weighted by molar-refractivity contribution is -0.118. The van der Waals surface area contributed by atoms with Crippen molar-refractivity contribution in [1.82, 2.24) is 9.78 Å². The van der Waals surface area contributed by atoms with E-state index in [2.05, 4.69) is 22.5 Å². The van der Waals surface area contributed by atoms with E-state index in [9.17, 15) is 4.79 Å². The molecule has 0 radical (unpaired) electrons. The van der Waals surface area contributed by atoms with Gasteiger partial charge >= 0.3 is 0 Å². The van der Waals surface area contributed by atoms with Gasteiger partial charge < -0.3 is 10.1 Å². The van der Waals surface area contributed by atoms with Gasteiger partial charge in [0.05, 0.1) is 4.58 Å². The monoisotopic (exact) mass is 349 g/mol. The molecule has 0 aliphatic carbocycles. The molecule has 1 saturated heterocycles. The van der Waals surface area contributed by atoms with Gasteiger partial charge in [-0.05, 0) is 35.6 Å². The van der Waals surface area contributed by atoms with Gasteiger partial charge in [-0.3, -0.25) is 9.48 Å². The van der Waals surface area contributed by atoms with Crippen LogP contribution in [-0.4, -0.2) is 33.8 Å². The summed E-state index contributed by atoms with van der Waals surface area (Å²) in [6.45, 7) is -0.0250. The Bertz CT molecular complexity index is 652. The molecular weight excluding hydrogens is 330 g/mol. The molecule has 1 aromatic carbocycles. The SMILES string of the molecule is Cn1ccc(NC(=O)COc2ccc(C3SCCCS3)cc2)n1. The molecule has 0 unspecified atom stereocenters. The molecule has 1 aliphatic rings. The molecule has 122 valence electrons. The van der Waals surface area contributed by atoms with Gasteiger partial charge in [0.15, 0.2) is 12.4 Å². The number of carbonyl (C=O) groups is 1. The number of benzene rings is 1. The van der Waals surface area contributed by atoms with E-state index in [-0.39, 0.29) is 12.5 Å². The zero-order valence-electron chi connectivity index (χ0n) is 12.9. The second kappa shape index (κ2) is 7.79. The largest absolute Gasteiger partial charge is 0.484 e. The van der Waals surface area contributed by atoms with Crippen LogP contribution in [0.4, 0.5) is 5.82 Å². The second-order valence-electron chi connectivity index (χ2n) is 5.21. The Morgan fingerprint density at radius 2 is 2.04 bits per heavy atom. The van der Waals surface area contributed by atoms with Crippen molar-refractivity contribution in [1.29, 1.82) is 0 Å². The van der Waals surface area contributed by atoms with Crippen LogP contribution in [0.5, 0.6) is 5.75 Å². The smallest absolute Gasteiger partial charge is 0.263 e. The first-order valence-electron chi connectivity index (χ1n) is 7.46. The van der Waals surface area contributed by atoms with Crippen molar-refractivity contribution < 1.29 is 9.53 Å². The maximum atomic E-state index is 11.8. The molecule has 5 nitrogen and oxygen atoms in total. The number of carbonyl (C=O) groups excluding carboxylic acids is 1. The first-order chi connectivity index (χ1) is 11.2. The fourth-order valence-corrected chi connectivity index (χ4v) is 5.11. The highest BCUT2D eigenvalue weighted by molar-refractivity contribution is 8.16. The Labute approximate surface area is 144 Å². The average Bonchev–Trinajstić information content (AvgIpc) is 2.99. The average molecular weight is 349 g/mol. The molecule has 1 N–H and O–H groups in total. The van der Waals surface area contributed by atoms with Crippen LogP contribution < -0.4 is 10.1 Å². The van der Waals surface area contributed by atoms with Crippen molar-refractivity contribution in [3.05, 3.63) is 42.1 Å². The Hall–Kier alpha value is -1.60. The third-order valence-corrected chi connectivity index (χ3v) is 6.35. The fourth-order valence-electron chi connectivity index (χ4n) is 2.21. The topological polar surface area (TPSA) is 56.2 Å². The Morgan fingerprint density at radius 3 is 2.70 bits per heavy atom. The summed E-state index contributed by atoms with van der Waals surface area (Å²) < 4.78 is 7.68. The lowest BCUT2D eigenvalue weighted by atomic mass is 10.2. The summed E-state index contributed by atoms with van der Waals surface area (Å²) in [4.78, 5) is 11.8. The normalized spacial score (nSPS) is 15.3. The highest BCUT2D eigenvalue weighted by Crippen LogP contribution is 2.43. The lowest BCUT2D eigenvalue weighted by Crippen LogP contribution is -2.20. The fraction of sp³-hybridized carbons (Fsp3) is 0.375. The molecule has 7 heteroatoms. The summed E-state index contributed by atoms with van der Waals surface area (Å²) in [6, 6.07) is 9.77. The zero-order valence-corrected chi connectivity index (χ0v) is 14.5. The molecule has 1 aliphatic heterocycles. The summed E-state index contributed by atoms with van der Waals surface area (Å²) in [5.74, 6) is 3.47. The van der Waals surface area contributed by atoms with Gasteiger partial charge in [0.2, 0.25) is 0 Å². The maximum Gasteiger partial charge on any atom is 0.263 e. The van der Waals surface area contributed by atoms with Gasteiger partial charge in [0, 0.05) is 19.3 Å². The van der Waals surface area contributed by atoms with Crippen LogP contribution in [-0.2, 0) is 11.8 Å². The van der Waals surface area contributed by atoms with Gasteiger partial charge in [0.25, 0.3) is 5.91 Å². The molecule has 1 fully saturated rings. The van der Waals surface area contributed by atoms with Gasteiger partial charge in [-0.2, -0.15) is 5.10 Å². The van der Waals surface area contributed by atoms with E-state index < -0.39 is 0 Å². The van der Waals surface area contributed by atoms with Crippen molar-refractivity contribution in [3.8, 4) is 5.75 Å². The summed E-state index contributed by atoms with van der Waals surface area (Å²) in [6.07, 6.45) is 3.06. The van der Waals surface area contributed by atoms with E-state index >= 15 is 0 Å². The van der Waals surface area contributed by atoms with Crippen molar-refractivity contribution in [2.24, 2.45) is 7.05 Å². The molecule has 1 aromatic heterocycles. The van der Waals surface area contributed by atoms with E-state index in [1.165, 1.54) is 23.5 Å². The molecule has 2 aromatic rings. The van der Waals surface area contributed by atoms with Crippen molar-refractivity contribution >= 4 is 35.2 Å². The molecular formula is C16H19N3O2S2. The van der Waals surface area contributed by atoms with Crippen LogP contribution >= 0.6 is 23.5 Å². The van der Waals surface area contributed by atoms with E-state index in [4.69, 9.17) is 4.74 Å². The number of hydrogen-bond acceptors (Lipinski definition) is 5. The van der Waals surface area contributed by atoms with Crippen LogP contribution in [0.25, 0.3) is 0 Å². The standard InChI is InChI=1S/C16H19N3O2S2/c1-19-8-7-14(18-19)17-15(20)11-21-13-5-3-12(4-6-13)16-22-9-2-10-23-16/h3-8,16H,2,9-11H2,1H3,(H,17,18,20). The van der Waals surface area contributed by atoms with E-state index in [0.717, 1.165) is 0 Å². The molecule has 2 heterocycles. The second-order valence-corrected chi connectivity index (χ2v) is 7.93.